The molecule has 0 fully saturated rings. The smallest absolute Gasteiger partial charge is 0.352 e. The quantitative estimate of drug-likeness (QED) is 0.491. The van der Waals surface area contributed by atoms with Crippen LogP contribution in [0.5, 0.6) is 11.5 Å². The van der Waals surface area contributed by atoms with Crippen LogP contribution in [0.3, 0.4) is 0 Å². The van der Waals surface area contributed by atoms with Crippen molar-refractivity contribution in [3.8, 4) is 11.5 Å². The van der Waals surface area contributed by atoms with Crippen LogP contribution in [0, 0.1) is 0 Å². The maximum absolute atomic E-state index is 13.1. The Morgan fingerprint density at radius 3 is 2.90 bits per heavy atom. The van der Waals surface area contributed by atoms with Crippen molar-refractivity contribution in [3.05, 3.63) is 50.5 Å². The molecule has 31 heavy (non-hydrogen) atoms. The number of hydrogen-bond acceptors (Lipinski definition) is 7. The fourth-order valence-electron chi connectivity index (χ4n) is 3.57. The lowest BCUT2D eigenvalue weighted by Gasteiger charge is -2.06. The Hall–Kier alpha value is -3.60. The van der Waals surface area contributed by atoms with E-state index in [1.54, 1.807) is 29.6 Å². The molecule has 0 radical (unpaired) electrons. The average Bonchev–Trinajstić information content (AvgIpc) is 3.47. The molecule has 3 aromatic heterocycles. The third kappa shape index (κ3) is 3.26. The molecule has 11 heteroatoms. The zero-order chi connectivity index (χ0) is 21.5. The van der Waals surface area contributed by atoms with Crippen LogP contribution in [0.1, 0.15) is 19.8 Å². The Labute approximate surface area is 179 Å². The average molecular weight is 441 g/mol. The monoisotopic (exact) mass is 441 g/mol. The van der Waals surface area contributed by atoms with E-state index in [4.69, 9.17) is 9.47 Å². The van der Waals surface area contributed by atoms with Crippen molar-refractivity contribution < 1.29 is 14.3 Å². The number of hydrogen-bond donors (Lipinski definition) is 1. The van der Waals surface area contributed by atoms with Gasteiger partial charge in [-0.3, -0.25) is 14.2 Å². The summed E-state index contributed by atoms with van der Waals surface area (Å²) in [4.78, 5) is 38.5. The minimum Gasteiger partial charge on any atom is -0.454 e. The fourth-order valence-corrected chi connectivity index (χ4v) is 4.39. The number of thiophene rings is 1. The molecule has 0 saturated heterocycles. The van der Waals surface area contributed by atoms with Crippen LogP contribution in [0.2, 0.25) is 0 Å². The molecule has 1 N–H and O–H groups in total. The third-order valence-electron chi connectivity index (χ3n) is 5.07. The first-order chi connectivity index (χ1) is 15.1. The summed E-state index contributed by atoms with van der Waals surface area (Å²) in [6.45, 7) is 2.33. The molecular formula is C20H19N5O5S. The van der Waals surface area contributed by atoms with Crippen molar-refractivity contribution in [2.45, 2.75) is 32.9 Å². The number of carbonyl (C=O) groups is 1. The van der Waals surface area contributed by atoms with Gasteiger partial charge >= 0.3 is 5.69 Å². The largest absolute Gasteiger partial charge is 0.454 e. The van der Waals surface area contributed by atoms with E-state index < -0.39 is 11.6 Å². The van der Waals surface area contributed by atoms with E-state index in [9.17, 15) is 14.4 Å². The molecule has 0 aliphatic carbocycles. The number of rotatable bonds is 6. The zero-order valence-corrected chi connectivity index (χ0v) is 17.5. The number of carbonyl (C=O) groups excluding carboxylic acids is 1. The zero-order valence-electron chi connectivity index (χ0n) is 16.7. The molecule has 1 aromatic carbocycles. The second-order valence-corrected chi connectivity index (χ2v) is 8.05. The minimum atomic E-state index is -0.468. The van der Waals surface area contributed by atoms with Crippen LogP contribution in [0.15, 0.2) is 39.2 Å². The maximum atomic E-state index is 13.1. The van der Waals surface area contributed by atoms with Crippen LogP contribution in [-0.4, -0.2) is 31.4 Å². The summed E-state index contributed by atoms with van der Waals surface area (Å²) in [7, 11) is 0. The molecule has 1 aliphatic rings. The number of aromatic nitrogens is 4. The molecule has 4 aromatic rings. The lowest BCUT2D eigenvalue weighted by Crippen LogP contribution is -2.29. The highest BCUT2D eigenvalue weighted by Crippen LogP contribution is 2.34. The van der Waals surface area contributed by atoms with E-state index in [2.05, 4.69) is 10.4 Å². The summed E-state index contributed by atoms with van der Waals surface area (Å²) in [6.07, 6.45) is 1.67. The third-order valence-corrected chi connectivity index (χ3v) is 5.97. The summed E-state index contributed by atoms with van der Waals surface area (Å²) < 4.78 is 15.1. The van der Waals surface area contributed by atoms with Crippen molar-refractivity contribution in [2.75, 3.05) is 12.1 Å². The lowest BCUT2D eigenvalue weighted by atomic mass is 10.3. The fraction of sp³-hybridized carbons (Fsp3) is 0.300. The molecule has 5 rings (SSSR count). The van der Waals surface area contributed by atoms with E-state index in [1.807, 2.05) is 6.92 Å². The number of nitrogens with zero attached hydrogens (tertiary/aromatic N) is 4. The van der Waals surface area contributed by atoms with Crippen LogP contribution in [-0.2, 0) is 17.9 Å². The van der Waals surface area contributed by atoms with Gasteiger partial charge in [0.25, 0.3) is 5.56 Å². The Kier molecular flexibility index (Phi) is 4.74. The molecule has 0 spiro atoms. The summed E-state index contributed by atoms with van der Waals surface area (Å²) in [5.41, 5.74) is 0.383. The molecule has 0 atom stereocenters. The number of fused-ring (bicyclic) bond motifs is 4. The predicted molar refractivity (Wildman–Crippen MR) is 115 cm³/mol. The Morgan fingerprint density at radius 1 is 1.23 bits per heavy atom. The molecule has 160 valence electrons. The summed E-state index contributed by atoms with van der Waals surface area (Å²) in [5.74, 6) is 0.973. The minimum absolute atomic E-state index is 0.139. The van der Waals surface area contributed by atoms with Crippen molar-refractivity contribution in [1.29, 1.82) is 0 Å². The first kappa shape index (κ1) is 19.4. The van der Waals surface area contributed by atoms with E-state index in [0.717, 1.165) is 17.5 Å². The van der Waals surface area contributed by atoms with E-state index in [-0.39, 0.29) is 24.7 Å². The van der Waals surface area contributed by atoms with Gasteiger partial charge in [-0.1, -0.05) is 13.3 Å². The Morgan fingerprint density at radius 2 is 2.06 bits per heavy atom. The van der Waals surface area contributed by atoms with Gasteiger partial charge in [0.1, 0.15) is 11.2 Å². The summed E-state index contributed by atoms with van der Waals surface area (Å²) in [5, 5.41) is 8.83. The van der Waals surface area contributed by atoms with Gasteiger partial charge in [0.15, 0.2) is 11.5 Å². The molecule has 1 aliphatic heterocycles. The SMILES string of the molecule is CCCCn1c(=O)c2sccc2n2c(=O)n(CC(=O)Nc3ccc4c(c3)OCO4)nc12. The second-order valence-electron chi connectivity index (χ2n) is 7.14. The predicted octanol–water partition coefficient (Wildman–Crippen LogP) is 2.04. The number of amides is 1. The topological polar surface area (TPSA) is 109 Å². The maximum Gasteiger partial charge on any atom is 0.352 e. The van der Waals surface area contributed by atoms with E-state index in [1.165, 1.54) is 20.3 Å². The van der Waals surface area contributed by atoms with Gasteiger partial charge in [0.05, 0.1) is 5.52 Å². The number of ether oxygens (including phenoxy) is 2. The van der Waals surface area contributed by atoms with Gasteiger partial charge in [-0.15, -0.1) is 16.4 Å². The summed E-state index contributed by atoms with van der Waals surface area (Å²) in [6, 6.07) is 6.77. The Bertz CT molecular complexity index is 1430. The molecule has 0 unspecified atom stereocenters. The van der Waals surface area contributed by atoms with Gasteiger partial charge < -0.3 is 14.8 Å². The van der Waals surface area contributed by atoms with Crippen molar-refractivity contribution in [1.82, 2.24) is 18.7 Å². The number of aryl methyl sites for hydroxylation is 1. The molecule has 10 nitrogen and oxygen atoms in total. The summed E-state index contributed by atoms with van der Waals surface area (Å²) >= 11 is 1.29. The number of unbranched alkanes of at least 4 members (excludes halogenated alkanes) is 1. The second kappa shape index (κ2) is 7.58. The normalized spacial score (nSPS) is 12.7. The highest BCUT2D eigenvalue weighted by atomic mass is 32.1. The molecule has 0 saturated carbocycles. The Balaban J connectivity index is 1.50. The lowest BCUT2D eigenvalue weighted by molar-refractivity contribution is -0.117. The number of nitrogens with one attached hydrogen (secondary N) is 1. The van der Waals surface area contributed by atoms with E-state index in [0.29, 0.717) is 33.9 Å². The van der Waals surface area contributed by atoms with Crippen LogP contribution < -0.4 is 26.0 Å². The van der Waals surface area contributed by atoms with E-state index >= 15 is 0 Å². The molecule has 4 heterocycles. The van der Waals surface area contributed by atoms with Gasteiger partial charge in [-0.25, -0.2) is 13.9 Å². The molecular weight excluding hydrogens is 422 g/mol. The number of anilines is 1. The van der Waals surface area contributed by atoms with Crippen molar-refractivity contribution in [3.63, 3.8) is 0 Å². The molecule has 0 bridgehead atoms. The first-order valence-corrected chi connectivity index (χ1v) is 10.7. The van der Waals surface area contributed by atoms with Crippen LogP contribution >= 0.6 is 11.3 Å². The van der Waals surface area contributed by atoms with Gasteiger partial charge in [0.2, 0.25) is 18.5 Å². The first-order valence-electron chi connectivity index (χ1n) is 9.86. The van der Waals surface area contributed by atoms with Crippen LogP contribution in [0.25, 0.3) is 16.0 Å². The highest BCUT2D eigenvalue weighted by Gasteiger charge is 2.20. The number of benzene rings is 1. The van der Waals surface area contributed by atoms with Gasteiger partial charge in [-0.05, 0) is 30.0 Å². The highest BCUT2D eigenvalue weighted by molar-refractivity contribution is 7.17. The molecule has 1 amide bonds. The van der Waals surface area contributed by atoms with Gasteiger partial charge in [-0.2, -0.15) is 0 Å². The standard InChI is InChI=1S/C20H19N5O5S/c1-2-3-7-23-18(27)17-13(6-8-31-17)25-19(23)22-24(20(25)28)10-16(26)21-12-4-5-14-15(9-12)30-11-29-14/h4-6,8-9H,2-3,7,10-11H2,1H3,(H,21,26). The van der Waals surface area contributed by atoms with Gasteiger partial charge in [0, 0.05) is 18.3 Å². The van der Waals surface area contributed by atoms with Crippen molar-refractivity contribution in [2.24, 2.45) is 0 Å². The van der Waals surface area contributed by atoms with Crippen LogP contribution in [0.4, 0.5) is 5.69 Å². The van der Waals surface area contributed by atoms with Crippen molar-refractivity contribution >= 4 is 38.9 Å².